The molecule has 106 valence electrons. The van der Waals surface area contributed by atoms with Crippen molar-refractivity contribution in [2.24, 2.45) is 5.92 Å². The van der Waals surface area contributed by atoms with Crippen molar-refractivity contribution < 1.29 is 4.79 Å². The van der Waals surface area contributed by atoms with Crippen LogP contribution in [0.2, 0.25) is 0 Å². The average Bonchev–Trinajstić information content (AvgIpc) is 2.85. The summed E-state index contributed by atoms with van der Waals surface area (Å²) in [7, 11) is 6.28. The van der Waals surface area contributed by atoms with Crippen LogP contribution < -0.4 is 5.32 Å². The molecule has 1 aliphatic heterocycles. The third-order valence-electron chi connectivity index (χ3n) is 3.50. The Labute approximate surface area is 119 Å². The second-order valence-corrected chi connectivity index (χ2v) is 7.02. The van der Waals surface area contributed by atoms with Gasteiger partial charge >= 0.3 is 0 Å². The van der Waals surface area contributed by atoms with Gasteiger partial charge < -0.3 is 15.1 Å². The summed E-state index contributed by atoms with van der Waals surface area (Å²) in [5.41, 5.74) is 0. The minimum atomic E-state index is 0.0714. The van der Waals surface area contributed by atoms with E-state index in [4.69, 9.17) is 0 Å². The molecule has 2 heterocycles. The fraction of sp³-hybridized carbons (Fsp3) is 0.643. The molecule has 1 aliphatic rings. The van der Waals surface area contributed by atoms with Crippen LogP contribution in [0, 0.1) is 12.8 Å². The topological polar surface area (TPSA) is 35.6 Å². The van der Waals surface area contributed by atoms with E-state index in [9.17, 15) is 4.79 Å². The number of likely N-dealkylation sites (tertiary alicyclic amines) is 1. The van der Waals surface area contributed by atoms with Crippen LogP contribution in [0.25, 0.3) is 0 Å². The largest absolute Gasteiger partial charge is 0.347 e. The Morgan fingerprint density at radius 3 is 2.79 bits per heavy atom. The predicted octanol–water partition coefficient (Wildman–Crippen LogP) is 1.28. The normalized spacial score (nSPS) is 24.1. The molecule has 0 saturated carbocycles. The molecule has 0 bridgehead atoms. The Bertz CT molecular complexity index is 444. The third kappa shape index (κ3) is 3.78. The van der Waals surface area contributed by atoms with E-state index in [2.05, 4.69) is 36.3 Å². The molecule has 1 aromatic heterocycles. The van der Waals surface area contributed by atoms with Gasteiger partial charge in [-0.2, -0.15) is 0 Å². The standard InChI is InChI=1S/C14H23N3OS/c1-10-5-6-13(19-10)14(18)15-12-9-17(4)8-11(12)7-16(2)3/h5-6,11-12H,7-9H2,1-4H3,(H,15,18)/t11-,12-/m1/s1. The zero-order valence-electron chi connectivity index (χ0n) is 12.1. The lowest BCUT2D eigenvalue weighted by atomic mass is 10.0. The van der Waals surface area contributed by atoms with Crippen LogP contribution in [-0.2, 0) is 0 Å². The third-order valence-corrected chi connectivity index (χ3v) is 4.50. The highest BCUT2D eigenvalue weighted by atomic mass is 32.1. The van der Waals surface area contributed by atoms with E-state index in [-0.39, 0.29) is 11.9 Å². The molecule has 1 fully saturated rings. The van der Waals surface area contributed by atoms with Crippen molar-refractivity contribution in [2.45, 2.75) is 13.0 Å². The first-order chi connectivity index (χ1) is 8.95. The van der Waals surface area contributed by atoms with Gasteiger partial charge in [0.15, 0.2) is 0 Å². The summed E-state index contributed by atoms with van der Waals surface area (Å²) in [4.78, 5) is 18.7. The zero-order valence-corrected chi connectivity index (χ0v) is 13.0. The highest BCUT2D eigenvalue weighted by Gasteiger charge is 2.32. The number of nitrogens with zero attached hydrogens (tertiary/aromatic N) is 2. The van der Waals surface area contributed by atoms with Crippen LogP contribution in [-0.4, -0.2) is 62.5 Å². The number of rotatable bonds is 4. The minimum absolute atomic E-state index is 0.0714. The summed E-state index contributed by atoms with van der Waals surface area (Å²) in [6.07, 6.45) is 0. The molecule has 0 aliphatic carbocycles. The van der Waals surface area contributed by atoms with E-state index in [0.717, 1.165) is 24.5 Å². The SMILES string of the molecule is Cc1ccc(C(=O)N[C@@H]2CN(C)C[C@H]2CN(C)C)s1. The van der Waals surface area contributed by atoms with Gasteiger partial charge in [0.2, 0.25) is 0 Å². The molecule has 0 radical (unpaired) electrons. The molecular weight excluding hydrogens is 258 g/mol. The average molecular weight is 281 g/mol. The quantitative estimate of drug-likeness (QED) is 0.903. The Kier molecular flexibility index (Phi) is 4.60. The molecular formula is C14H23N3OS. The van der Waals surface area contributed by atoms with Gasteiger partial charge in [-0.15, -0.1) is 11.3 Å². The smallest absolute Gasteiger partial charge is 0.261 e. The van der Waals surface area contributed by atoms with Gasteiger partial charge in [-0.25, -0.2) is 0 Å². The number of carbonyl (C=O) groups is 1. The molecule has 0 aromatic carbocycles. The minimum Gasteiger partial charge on any atom is -0.347 e. The monoisotopic (exact) mass is 281 g/mol. The molecule has 0 spiro atoms. The number of likely N-dealkylation sites (N-methyl/N-ethyl adjacent to an activating group) is 1. The molecule has 1 aromatic rings. The number of hydrogen-bond acceptors (Lipinski definition) is 4. The van der Waals surface area contributed by atoms with Gasteiger partial charge in [0.05, 0.1) is 4.88 Å². The second-order valence-electron chi connectivity index (χ2n) is 5.73. The number of amides is 1. The molecule has 1 saturated heterocycles. The number of aryl methyl sites for hydroxylation is 1. The van der Waals surface area contributed by atoms with Crippen LogP contribution in [0.5, 0.6) is 0 Å². The van der Waals surface area contributed by atoms with E-state index in [1.165, 1.54) is 4.88 Å². The molecule has 1 amide bonds. The van der Waals surface area contributed by atoms with Crippen LogP contribution >= 0.6 is 11.3 Å². The van der Waals surface area contributed by atoms with Crippen molar-refractivity contribution in [1.29, 1.82) is 0 Å². The van der Waals surface area contributed by atoms with Gasteiger partial charge in [0.25, 0.3) is 5.91 Å². The van der Waals surface area contributed by atoms with Gasteiger partial charge in [-0.1, -0.05) is 0 Å². The Hall–Kier alpha value is -0.910. The van der Waals surface area contributed by atoms with Crippen molar-refractivity contribution in [3.63, 3.8) is 0 Å². The number of carbonyl (C=O) groups excluding carboxylic acids is 1. The summed E-state index contributed by atoms with van der Waals surface area (Å²) < 4.78 is 0. The van der Waals surface area contributed by atoms with E-state index >= 15 is 0 Å². The molecule has 0 unspecified atom stereocenters. The van der Waals surface area contributed by atoms with Crippen molar-refractivity contribution in [3.8, 4) is 0 Å². The summed E-state index contributed by atoms with van der Waals surface area (Å²) in [5.74, 6) is 0.576. The van der Waals surface area contributed by atoms with Crippen molar-refractivity contribution in [2.75, 3.05) is 40.8 Å². The zero-order chi connectivity index (χ0) is 14.0. The summed E-state index contributed by atoms with van der Waals surface area (Å²) in [6.45, 7) is 5.03. The maximum atomic E-state index is 12.2. The Balaban J connectivity index is 1.98. The van der Waals surface area contributed by atoms with Crippen LogP contribution in [0.4, 0.5) is 0 Å². The fourth-order valence-corrected chi connectivity index (χ4v) is 3.47. The molecule has 1 N–H and O–H groups in total. The van der Waals surface area contributed by atoms with Crippen molar-refractivity contribution >= 4 is 17.2 Å². The first-order valence-corrected chi connectivity index (χ1v) is 7.48. The van der Waals surface area contributed by atoms with Gasteiger partial charge in [-0.05, 0) is 40.2 Å². The lowest BCUT2D eigenvalue weighted by molar-refractivity contribution is 0.0931. The van der Waals surface area contributed by atoms with Crippen LogP contribution in [0.3, 0.4) is 0 Å². The van der Waals surface area contributed by atoms with Crippen LogP contribution in [0.15, 0.2) is 12.1 Å². The summed E-state index contributed by atoms with van der Waals surface area (Å²) >= 11 is 1.56. The van der Waals surface area contributed by atoms with Crippen LogP contribution in [0.1, 0.15) is 14.5 Å². The first kappa shape index (κ1) is 14.5. The van der Waals surface area contributed by atoms with E-state index in [0.29, 0.717) is 5.92 Å². The van der Waals surface area contributed by atoms with Gasteiger partial charge in [0.1, 0.15) is 0 Å². The number of hydrogen-bond donors (Lipinski definition) is 1. The highest BCUT2D eigenvalue weighted by Crippen LogP contribution is 2.19. The van der Waals surface area contributed by atoms with E-state index in [1.54, 1.807) is 11.3 Å². The van der Waals surface area contributed by atoms with E-state index < -0.39 is 0 Å². The molecule has 2 atom stereocenters. The second kappa shape index (κ2) is 6.03. The lowest BCUT2D eigenvalue weighted by Gasteiger charge is -2.22. The maximum absolute atomic E-state index is 12.2. The Morgan fingerprint density at radius 1 is 1.47 bits per heavy atom. The van der Waals surface area contributed by atoms with Crippen molar-refractivity contribution in [1.82, 2.24) is 15.1 Å². The Morgan fingerprint density at radius 2 is 2.21 bits per heavy atom. The maximum Gasteiger partial charge on any atom is 0.261 e. The van der Waals surface area contributed by atoms with Crippen molar-refractivity contribution in [3.05, 3.63) is 21.9 Å². The molecule has 4 nitrogen and oxygen atoms in total. The van der Waals surface area contributed by atoms with Gasteiger partial charge in [-0.3, -0.25) is 4.79 Å². The molecule has 5 heteroatoms. The highest BCUT2D eigenvalue weighted by molar-refractivity contribution is 7.13. The predicted molar refractivity (Wildman–Crippen MR) is 79.9 cm³/mol. The summed E-state index contributed by atoms with van der Waals surface area (Å²) in [6, 6.07) is 4.16. The first-order valence-electron chi connectivity index (χ1n) is 6.66. The number of thiophene rings is 1. The fourth-order valence-electron chi connectivity index (χ4n) is 2.70. The molecule has 2 rings (SSSR count). The summed E-state index contributed by atoms with van der Waals surface area (Å²) in [5, 5.41) is 3.20. The lowest BCUT2D eigenvalue weighted by Crippen LogP contribution is -2.43. The molecule has 19 heavy (non-hydrogen) atoms. The number of nitrogens with one attached hydrogen (secondary N) is 1. The van der Waals surface area contributed by atoms with Gasteiger partial charge in [0, 0.05) is 36.5 Å². The van der Waals surface area contributed by atoms with E-state index in [1.807, 2.05) is 19.1 Å².